The van der Waals surface area contributed by atoms with Gasteiger partial charge in [-0.1, -0.05) is 12.1 Å². The second-order valence-electron chi connectivity index (χ2n) is 6.79. The average Bonchev–Trinajstić information content (AvgIpc) is 3.28. The third-order valence-electron chi connectivity index (χ3n) is 4.81. The zero-order valence-electron chi connectivity index (χ0n) is 14.7. The van der Waals surface area contributed by atoms with Crippen molar-refractivity contribution in [3.8, 4) is 5.69 Å². The molecule has 0 fully saturated rings. The summed E-state index contributed by atoms with van der Waals surface area (Å²) in [5.41, 5.74) is 3.50. The van der Waals surface area contributed by atoms with Gasteiger partial charge in [-0.3, -0.25) is 0 Å². The molecule has 3 aromatic rings. The minimum Gasteiger partial charge on any atom is -0.370 e. The first kappa shape index (κ1) is 15.9. The quantitative estimate of drug-likeness (QED) is 0.752. The molecule has 0 radical (unpaired) electrons. The molecule has 0 saturated heterocycles. The monoisotopic (exact) mass is 336 g/mol. The molecule has 1 aliphatic rings. The van der Waals surface area contributed by atoms with Gasteiger partial charge in [-0.2, -0.15) is 5.10 Å². The van der Waals surface area contributed by atoms with E-state index in [1.54, 1.807) is 6.20 Å². The average molecular weight is 336 g/mol. The summed E-state index contributed by atoms with van der Waals surface area (Å²) in [5.74, 6) is 1.68. The number of anilines is 1. The van der Waals surface area contributed by atoms with Crippen molar-refractivity contribution in [3.05, 3.63) is 60.3 Å². The van der Waals surface area contributed by atoms with Gasteiger partial charge in [0, 0.05) is 55.7 Å². The van der Waals surface area contributed by atoms with Crippen molar-refractivity contribution in [2.45, 2.75) is 26.4 Å². The lowest BCUT2D eigenvalue weighted by Gasteiger charge is -2.26. The summed E-state index contributed by atoms with van der Waals surface area (Å²) >= 11 is 0. The number of rotatable bonds is 5. The first-order chi connectivity index (χ1) is 12.2. The molecular weight excluding hydrogens is 312 g/mol. The highest BCUT2D eigenvalue weighted by Gasteiger charge is 2.19. The minimum absolute atomic E-state index is 0.317. The van der Waals surface area contributed by atoms with Crippen molar-refractivity contribution in [1.29, 1.82) is 0 Å². The summed E-state index contributed by atoms with van der Waals surface area (Å²) in [6, 6.07) is 11.1. The van der Waals surface area contributed by atoms with Gasteiger partial charge < -0.3 is 15.2 Å². The summed E-state index contributed by atoms with van der Waals surface area (Å²) in [7, 11) is 0. The molecule has 6 nitrogen and oxygen atoms in total. The third kappa shape index (κ3) is 3.44. The van der Waals surface area contributed by atoms with Gasteiger partial charge in [0.15, 0.2) is 0 Å². The Bertz CT molecular complexity index is 818. The molecule has 2 unspecified atom stereocenters. The number of aryl methyl sites for hydroxylation is 1. The Morgan fingerprint density at radius 3 is 2.92 bits per heavy atom. The fraction of sp³-hybridized carbons (Fsp3) is 0.368. The van der Waals surface area contributed by atoms with E-state index in [2.05, 4.69) is 62.7 Å². The Labute approximate surface area is 147 Å². The van der Waals surface area contributed by atoms with Crippen molar-refractivity contribution in [1.82, 2.24) is 24.6 Å². The predicted octanol–water partition coefficient (Wildman–Crippen LogP) is 2.77. The van der Waals surface area contributed by atoms with E-state index < -0.39 is 0 Å². The van der Waals surface area contributed by atoms with Crippen LogP contribution >= 0.6 is 0 Å². The number of nitrogens with zero attached hydrogens (tertiary/aromatic N) is 4. The summed E-state index contributed by atoms with van der Waals surface area (Å²) < 4.78 is 4.09. The zero-order chi connectivity index (χ0) is 17.2. The fourth-order valence-electron chi connectivity index (χ4n) is 3.33. The molecule has 0 amide bonds. The van der Waals surface area contributed by atoms with E-state index in [-0.39, 0.29) is 0 Å². The van der Waals surface area contributed by atoms with Gasteiger partial charge in [0.1, 0.15) is 5.82 Å². The number of aromatic nitrogens is 4. The smallest absolute Gasteiger partial charge is 0.124 e. The van der Waals surface area contributed by atoms with Crippen LogP contribution in [-0.2, 0) is 6.54 Å². The van der Waals surface area contributed by atoms with Gasteiger partial charge in [-0.15, -0.1) is 0 Å². The highest BCUT2D eigenvalue weighted by Crippen LogP contribution is 2.20. The largest absolute Gasteiger partial charge is 0.370 e. The molecule has 25 heavy (non-hydrogen) atoms. The molecule has 1 aromatic carbocycles. The molecule has 2 N–H and O–H groups in total. The van der Waals surface area contributed by atoms with E-state index in [9.17, 15) is 0 Å². The number of fused-ring (bicyclic) bond motifs is 1. The fourth-order valence-corrected chi connectivity index (χ4v) is 3.33. The van der Waals surface area contributed by atoms with Crippen LogP contribution in [0, 0.1) is 12.8 Å². The summed E-state index contributed by atoms with van der Waals surface area (Å²) in [6.45, 7) is 7.18. The predicted molar refractivity (Wildman–Crippen MR) is 98.9 cm³/mol. The van der Waals surface area contributed by atoms with Gasteiger partial charge in [-0.25, -0.2) is 9.67 Å². The van der Waals surface area contributed by atoms with Gasteiger partial charge in [-0.05, 0) is 31.5 Å². The molecule has 2 aromatic heterocycles. The van der Waals surface area contributed by atoms with Crippen LogP contribution in [0.25, 0.3) is 5.69 Å². The first-order valence-electron chi connectivity index (χ1n) is 8.79. The van der Waals surface area contributed by atoms with Crippen molar-refractivity contribution < 1.29 is 0 Å². The second-order valence-corrected chi connectivity index (χ2v) is 6.79. The lowest BCUT2D eigenvalue weighted by molar-refractivity contribution is 0.375. The zero-order valence-corrected chi connectivity index (χ0v) is 14.7. The lowest BCUT2D eigenvalue weighted by Crippen LogP contribution is -2.36. The minimum atomic E-state index is 0.317. The Hall–Kier alpha value is -2.60. The maximum Gasteiger partial charge on any atom is 0.124 e. The number of benzene rings is 1. The topological polar surface area (TPSA) is 59.7 Å². The van der Waals surface area contributed by atoms with Gasteiger partial charge in [0.05, 0.1) is 12.0 Å². The standard InChI is InChI=1S/C19H24N6/c1-14-9-19-22-11-16(12-25(19)23-14)10-21-15(2)17-3-5-18(6-4-17)24-8-7-20-13-24/h3-9,13,15-16,21-22H,10-12H2,1-2H3. The number of imidazole rings is 1. The molecular formula is C19H24N6. The Morgan fingerprint density at radius 1 is 1.32 bits per heavy atom. The second kappa shape index (κ2) is 6.72. The van der Waals surface area contributed by atoms with Crippen LogP contribution in [-0.4, -0.2) is 32.4 Å². The first-order valence-corrected chi connectivity index (χ1v) is 8.79. The molecule has 3 heterocycles. The SMILES string of the molecule is Cc1cc2n(n1)CC(CNC(C)c1ccc(-n3ccnc3)cc1)CN2. The van der Waals surface area contributed by atoms with E-state index in [1.807, 2.05) is 24.0 Å². The van der Waals surface area contributed by atoms with Crippen LogP contribution in [0.15, 0.2) is 49.1 Å². The summed E-state index contributed by atoms with van der Waals surface area (Å²) in [6.07, 6.45) is 5.57. The Morgan fingerprint density at radius 2 is 2.16 bits per heavy atom. The molecule has 0 saturated carbocycles. The summed E-state index contributed by atoms with van der Waals surface area (Å²) in [4.78, 5) is 4.09. The van der Waals surface area contributed by atoms with E-state index in [0.29, 0.717) is 12.0 Å². The van der Waals surface area contributed by atoms with Gasteiger partial charge in [0.2, 0.25) is 0 Å². The van der Waals surface area contributed by atoms with Crippen molar-refractivity contribution in [2.75, 3.05) is 18.4 Å². The molecule has 4 rings (SSSR count). The molecule has 1 aliphatic heterocycles. The highest BCUT2D eigenvalue weighted by molar-refractivity contribution is 5.38. The molecule has 130 valence electrons. The van der Waals surface area contributed by atoms with E-state index >= 15 is 0 Å². The van der Waals surface area contributed by atoms with Crippen molar-refractivity contribution in [3.63, 3.8) is 0 Å². The summed E-state index contributed by atoms with van der Waals surface area (Å²) in [5, 5.41) is 11.7. The van der Waals surface area contributed by atoms with Crippen LogP contribution in [0.3, 0.4) is 0 Å². The Balaban J connectivity index is 1.34. The van der Waals surface area contributed by atoms with E-state index in [0.717, 1.165) is 36.8 Å². The number of hydrogen-bond acceptors (Lipinski definition) is 4. The molecule has 0 spiro atoms. The lowest BCUT2D eigenvalue weighted by atomic mass is 10.0. The van der Waals surface area contributed by atoms with Gasteiger partial charge in [0.25, 0.3) is 0 Å². The van der Waals surface area contributed by atoms with E-state index in [1.165, 1.54) is 5.56 Å². The highest BCUT2D eigenvalue weighted by atomic mass is 15.3. The van der Waals surface area contributed by atoms with Crippen LogP contribution in [0.1, 0.15) is 24.2 Å². The molecule has 2 atom stereocenters. The van der Waals surface area contributed by atoms with Crippen LogP contribution in [0.5, 0.6) is 0 Å². The van der Waals surface area contributed by atoms with E-state index in [4.69, 9.17) is 0 Å². The maximum absolute atomic E-state index is 4.54. The third-order valence-corrected chi connectivity index (χ3v) is 4.81. The van der Waals surface area contributed by atoms with Crippen LogP contribution in [0.4, 0.5) is 5.82 Å². The van der Waals surface area contributed by atoms with Crippen molar-refractivity contribution in [2.24, 2.45) is 5.92 Å². The van der Waals surface area contributed by atoms with Crippen molar-refractivity contribution >= 4 is 5.82 Å². The van der Waals surface area contributed by atoms with Gasteiger partial charge >= 0.3 is 0 Å². The Kier molecular flexibility index (Phi) is 4.28. The maximum atomic E-state index is 4.54. The van der Waals surface area contributed by atoms with Crippen LogP contribution < -0.4 is 10.6 Å². The van der Waals surface area contributed by atoms with Crippen LogP contribution in [0.2, 0.25) is 0 Å². The molecule has 0 bridgehead atoms. The number of hydrogen-bond donors (Lipinski definition) is 2. The molecule has 0 aliphatic carbocycles. The molecule has 6 heteroatoms. The number of nitrogens with one attached hydrogen (secondary N) is 2. The normalized spacial score (nSPS) is 17.8.